The van der Waals surface area contributed by atoms with Crippen LogP contribution in [0.1, 0.15) is 16.7 Å². The van der Waals surface area contributed by atoms with E-state index in [0.717, 1.165) is 98.5 Å². The van der Waals surface area contributed by atoms with Crippen LogP contribution in [0.25, 0.3) is 110 Å². The zero-order valence-corrected chi connectivity index (χ0v) is 35.1. The summed E-state index contributed by atoms with van der Waals surface area (Å²) in [6.07, 6.45) is 2.63. The molecular weight excluding hydrogens is 793 g/mol. The Hall–Kier alpha value is -9.10. The SMILES string of the molecule is C=CCc1cccc2c1c1ccccc1n2-c1c(-n2c3ccccc3c3ccccc32)c(C#N)c(-n2c3ccccc3c3ccccc32)c(C#N)c1-n1c2ccccc2c2ccccc21. The predicted octanol–water partition coefficient (Wildman–Crippen LogP) is 14.5. The molecule has 0 aliphatic rings. The lowest BCUT2D eigenvalue weighted by atomic mass is 9.98. The van der Waals surface area contributed by atoms with E-state index >= 15 is 0 Å². The van der Waals surface area contributed by atoms with Crippen LogP contribution in [0.3, 0.4) is 0 Å². The van der Waals surface area contributed by atoms with Crippen molar-refractivity contribution in [1.82, 2.24) is 18.3 Å². The molecule has 4 aromatic heterocycles. The third kappa shape index (κ3) is 4.91. The Balaban J connectivity index is 1.40. The van der Waals surface area contributed by atoms with E-state index in [-0.39, 0.29) is 0 Å². The maximum absolute atomic E-state index is 12.2. The van der Waals surface area contributed by atoms with Gasteiger partial charge in [0, 0.05) is 43.1 Å². The molecule has 0 atom stereocenters. The molecule has 65 heavy (non-hydrogen) atoms. The second kappa shape index (κ2) is 14.0. The number of benzene rings is 9. The smallest absolute Gasteiger partial charge is 0.104 e. The fourth-order valence-corrected chi connectivity index (χ4v) is 10.9. The van der Waals surface area contributed by atoms with Crippen LogP contribution in [-0.2, 0) is 6.42 Å². The minimum absolute atomic E-state index is 0.382. The van der Waals surface area contributed by atoms with Gasteiger partial charge in [0.2, 0.25) is 0 Å². The van der Waals surface area contributed by atoms with E-state index in [1.807, 2.05) is 18.2 Å². The van der Waals surface area contributed by atoms with Crippen molar-refractivity contribution in [2.45, 2.75) is 6.42 Å². The van der Waals surface area contributed by atoms with Crippen molar-refractivity contribution in [3.63, 3.8) is 0 Å². The normalized spacial score (nSPS) is 11.8. The number of rotatable bonds is 6. The third-order valence-corrected chi connectivity index (χ3v) is 13.4. The molecular formula is C59H36N6. The molecule has 13 aromatic rings. The number of nitrogens with zero attached hydrogens (tertiary/aromatic N) is 6. The van der Waals surface area contributed by atoms with Gasteiger partial charge in [0.15, 0.2) is 0 Å². The van der Waals surface area contributed by atoms with Gasteiger partial charge in [-0.15, -0.1) is 6.58 Å². The van der Waals surface area contributed by atoms with Crippen molar-refractivity contribution in [1.29, 1.82) is 10.5 Å². The molecule has 9 aromatic carbocycles. The number of allylic oxidation sites excluding steroid dienone is 1. The third-order valence-electron chi connectivity index (χ3n) is 13.4. The van der Waals surface area contributed by atoms with Gasteiger partial charge in [-0.2, -0.15) is 10.5 Å². The van der Waals surface area contributed by atoms with Crippen LogP contribution in [0, 0.1) is 22.7 Å². The first-order valence-corrected chi connectivity index (χ1v) is 21.8. The zero-order valence-electron chi connectivity index (χ0n) is 35.1. The average molecular weight is 829 g/mol. The second-order valence-electron chi connectivity index (χ2n) is 16.6. The van der Waals surface area contributed by atoms with Crippen molar-refractivity contribution in [2.24, 2.45) is 0 Å². The number of nitriles is 2. The first-order chi connectivity index (χ1) is 32.2. The van der Waals surface area contributed by atoms with E-state index in [4.69, 9.17) is 0 Å². The van der Waals surface area contributed by atoms with Gasteiger partial charge < -0.3 is 18.3 Å². The fourth-order valence-electron chi connectivity index (χ4n) is 10.9. The van der Waals surface area contributed by atoms with E-state index in [1.165, 1.54) is 0 Å². The molecule has 0 saturated heterocycles. The molecule has 0 fully saturated rings. The van der Waals surface area contributed by atoms with E-state index in [9.17, 15) is 10.5 Å². The molecule has 13 rings (SSSR count). The van der Waals surface area contributed by atoms with Crippen LogP contribution in [0.15, 0.2) is 201 Å². The topological polar surface area (TPSA) is 67.3 Å². The van der Waals surface area contributed by atoms with Crippen LogP contribution >= 0.6 is 0 Å². The lowest BCUT2D eigenvalue weighted by molar-refractivity contribution is 1.02. The maximum Gasteiger partial charge on any atom is 0.104 e. The van der Waals surface area contributed by atoms with Gasteiger partial charge in [-0.1, -0.05) is 146 Å². The number of para-hydroxylation sites is 7. The highest BCUT2D eigenvalue weighted by atomic mass is 15.1. The van der Waals surface area contributed by atoms with E-state index in [2.05, 4.69) is 213 Å². The van der Waals surface area contributed by atoms with Gasteiger partial charge in [-0.25, -0.2) is 0 Å². The molecule has 0 bridgehead atoms. The molecule has 6 heteroatoms. The van der Waals surface area contributed by atoms with Crippen molar-refractivity contribution in [3.8, 4) is 34.9 Å². The van der Waals surface area contributed by atoms with Gasteiger partial charge in [0.1, 0.15) is 23.3 Å². The predicted molar refractivity (Wildman–Crippen MR) is 267 cm³/mol. The van der Waals surface area contributed by atoms with Crippen molar-refractivity contribution >= 4 is 87.2 Å². The highest BCUT2D eigenvalue weighted by Gasteiger charge is 2.34. The molecule has 4 heterocycles. The van der Waals surface area contributed by atoms with Crippen molar-refractivity contribution in [2.75, 3.05) is 0 Å². The Morgan fingerprint density at radius 1 is 0.338 bits per heavy atom. The molecule has 0 aliphatic carbocycles. The maximum atomic E-state index is 12.2. The summed E-state index contributed by atoms with van der Waals surface area (Å²) >= 11 is 0. The van der Waals surface area contributed by atoms with E-state index < -0.39 is 0 Å². The van der Waals surface area contributed by atoms with Gasteiger partial charge in [0.05, 0.1) is 66.9 Å². The molecule has 302 valence electrons. The number of hydrogen-bond donors (Lipinski definition) is 0. The minimum atomic E-state index is 0.382. The van der Waals surface area contributed by atoms with Gasteiger partial charge in [-0.3, -0.25) is 0 Å². The van der Waals surface area contributed by atoms with E-state index in [0.29, 0.717) is 34.6 Å². The second-order valence-corrected chi connectivity index (χ2v) is 16.6. The van der Waals surface area contributed by atoms with Crippen LogP contribution < -0.4 is 0 Å². The summed E-state index contributed by atoms with van der Waals surface area (Å²) in [4.78, 5) is 0. The Kier molecular flexibility index (Phi) is 7.85. The summed E-state index contributed by atoms with van der Waals surface area (Å²) in [5.41, 5.74) is 12.0. The van der Waals surface area contributed by atoms with Gasteiger partial charge in [0.25, 0.3) is 0 Å². The lowest BCUT2D eigenvalue weighted by Crippen LogP contribution is -2.16. The Morgan fingerprint density at radius 2 is 0.631 bits per heavy atom. The molecule has 0 saturated carbocycles. The Morgan fingerprint density at radius 3 is 0.985 bits per heavy atom. The number of aromatic nitrogens is 4. The molecule has 0 radical (unpaired) electrons. The number of hydrogen-bond acceptors (Lipinski definition) is 2. The number of fused-ring (bicyclic) bond motifs is 12. The summed E-state index contributed by atoms with van der Waals surface area (Å²) in [5, 5.41) is 32.9. The quantitative estimate of drug-likeness (QED) is 0.157. The first-order valence-electron chi connectivity index (χ1n) is 21.8. The molecule has 0 amide bonds. The van der Waals surface area contributed by atoms with Crippen LogP contribution in [-0.4, -0.2) is 18.3 Å². The lowest BCUT2D eigenvalue weighted by Gasteiger charge is -2.27. The summed E-state index contributed by atoms with van der Waals surface area (Å²) in [6.45, 7) is 4.15. The summed E-state index contributed by atoms with van der Waals surface area (Å²) in [5.74, 6) is 0. The fraction of sp³-hybridized carbons (Fsp3) is 0.0169. The average Bonchev–Trinajstić information content (AvgIpc) is 4.09. The summed E-state index contributed by atoms with van der Waals surface area (Å²) < 4.78 is 9.05. The van der Waals surface area contributed by atoms with Crippen LogP contribution in [0.2, 0.25) is 0 Å². The van der Waals surface area contributed by atoms with Gasteiger partial charge >= 0.3 is 0 Å². The van der Waals surface area contributed by atoms with E-state index in [1.54, 1.807) is 0 Å². The molecule has 0 aliphatic heterocycles. The largest absolute Gasteiger partial charge is 0.306 e. The first kappa shape index (κ1) is 36.5. The zero-order chi connectivity index (χ0) is 43.3. The van der Waals surface area contributed by atoms with Crippen LogP contribution in [0.5, 0.6) is 0 Å². The summed E-state index contributed by atoms with van der Waals surface area (Å²) in [7, 11) is 0. The molecule has 0 N–H and O–H groups in total. The van der Waals surface area contributed by atoms with Crippen molar-refractivity contribution < 1.29 is 0 Å². The monoisotopic (exact) mass is 828 g/mol. The van der Waals surface area contributed by atoms with Crippen LogP contribution in [0.4, 0.5) is 0 Å². The molecule has 0 unspecified atom stereocenters. The molecule has 6 nitrogen and oxygen atoms in total. The minimum Gasteiger partial charge on any atom is -0.306 e. The van der Waals surface area contributed by atoms with Crippen molar-refractivity contribution in [3.05, 3.63) is 217 Å². The Bertz CT molecular complexity index is 3950. The molecule has 0 spiro atoms. The standard InChI is InChI=1S/C59H36N6/c1-2-18-37-19-17-34-54-55(37)44-26-9-16-33-53(44)65(54)59-57(63-49-29-12-5-22-40(49)41-23-6-13-30-50(41)63)45(35-60)56(62-47-27-10-3-20-38(47)39-21-4-11-28-48(39)62)46(36-61)58(59)64-51-31-14-7-24-42(51)43-25-8-15-32-52(43)64/h2-17,19-34H,1,18H2. The highest BCUT2D eigenvalue weighted by Crippen LogP contribution is 2.49. The van der Waals surface area contributed by atoms with Gasteiger partial charge in [-0.05, 0) is 60.5 Å². The Labute approximate surface area is 373 Å². The highest BCUT2D eigenvalue weighted by molar-refractivity contribution is 6.16. The summed E-state index contributed by atoms with van der Waals surface area (Å²) in [6, 6.07) is 71.0.